The third-order valence-corrected chi connectivity index (χ3v) is 5.48. The first-order chi connectivity index (χ1) is 11.3. The summed E-state index contributed by atoms with van der Waals surface area (Å²) in [5.41, 5.74) is 1.07. The first-order valence-corrected chi connectivity index (χ1v) is 9.44. The summed E-state index contributed by atoms with van der Waals surface area (Å²) in [7, 11) is 0. The second-order valence-corrected chi connectivity index (χ2v) is 7.28. The van der Waals surface area contributed by atoms with Gasteiger partial charge in [-0.05, 0) is 44.4 Å². The SMILES string of the molecule is CCCN(C(=O)CCCc1nc2ccccc2s1)C1CCNC1.Cl.Cl. The Balaban J connectivity index is 0.00000156. The van der Waals surface area contributed by atoms with Crippen LogP contribution < -0.4 is 5.32 Å². The molecule has 7 heteroatoms. The zero-order valence-corrected chi connectivity index (χ0v) is 17.0. The molecule has 4 nitrogen and oxygen atoms in total. The van der Waals surface area contributed by atoms with Crippen LogP contribution in [0.4, 0.5) is 0 Å². The fourth-order valence-electron chi connectivity index (χ4n) is 3.22. The number of aromatic nitrogens is 1. The third kappa shape index (κ3) is 5.81. The number of thiazole rings is 1. The summed E-state index contributed by atoms with van der Waals surface area (Å²) in [6, 6.07) is 8.62. The lowest BCUT2D eigenvalue weighted by molar-refractivity contribution is -0.133. The molecule has 2 aromatic rings. The maximum Gasteiger partial charge on any atom is 0.222 e. The molecule has 1 amide bonds. The van der Waals surface area contributed by atoms with Crippen molar-refractivity contribution in [3.05, 3.63) is 29.3 Å². The monoisotopic (exact) mass is 403 g/mol. The number of nitrogens with zero attached hydrogens (tertiary/aromatic N) is 2. The van der Waals surface area contributed by atoms with Gasteiger partial charge in [0.25, 0.3) is 0 Å². The minimum atomic E-state index is 0. The van der Waals surface area contributed by atoms with Gasteiger partial charge in [-0.2, -0.15) is 0 Å². The number of rotatable bonds is 7. The molecule has 1 aromatic carbocycles. The summed E-state index contributed by atoms with van der Waals surface area (Å²) in [6.07, 6.45) is 4.53. The van der Waals surface area contributed by atoms with Gasteiger partial charge in [-0.1, -0.05) is 19.1 Å². The molecule has 1 N–H and O–H groups in total. The highest BCUT2D eigenvalue weighted by atomic mass is 35.5. The molecule has 1 atom stereocenters. The summed E-state index contributed by atoms with van der Waals surface area (Å²) in [6.45, 7) is 5.00. The van der Waals surface area contributed by atoms with Crippen LogP contribution in [0.1, 0.15) is 37.6 Å². The number of carbonyl (C=O) groups is 1. The molecule has 1 aromatic heterocycles. The molecule has 2 heterocycles. The predicted molar refractivity (Wildman–Crippen MR) is 110 cm³/mol. The number of benzene rings is 1. The molecule has 1 aliphatic heterocycles. The standard InChI is InChI=1S/C18H25N3OS.2ClH/c1-2-12-21(14-10-11-19-13-14)18(22)9-5-8-17-20-15-6-3-4-7-16(15)23-17;;/h3-4,6-7,14,19H,2,5,8-13H2,1H3;2*1H. The highest BCUT2D eigenvalue weighted by Crippen LogP contribution is 2.23. The lowest BCUT2D eigenvalue weighted by atomic mass is 10.1. The van der Waals surface area contributed by atoms with Gasteiger partial charge >= 0.3 is 0 Å². The Morgan fingerprint density at radius 2 is 2.16 bits per heavy atom. The van der Waals surface area contributed by atoms with Crippen LogP contribution in [0.25, 0.3) is 10.2 Å². The van der Waals surface area contributed by atoms with E-state index in [1.54, 1.807) is 11.3 Å². The molecule has 1 unspecified atom stereocenters. The highest BCUT2D eigenvalue weighted by molar-refractivity contribution is 7.18. The molecule has 1 fully saturated rings. The van der Waals surface area contributed by atoms with Crippen LogP contribution >= 0.6 is 36.2 Å². The van der Waals surface area contributed by atoms with Crippen molar-refractivity contribution >= 4 is 52.3 Å². The van der Waals surface area contributed by atoms with Gasteiger partial charge in [-0.3, -0.25) is 4.79 Å². The average Bonchev–Trinajstić information content (AvgIpc) is 3.21. The summed E-state index contributed by atoms with van der Waals surface area (Å²) < 4.78 is 1.23. The topological polar surface area (TPSA) is 45.2 Å². The van der Waals surface area contributed by atoms with E-state index in [0.29, 0.717) is 18.4 Å². The van der Waals surface area contributed by atoms with Gasteiger partial charge < -0.3 is 10.2 Å². The van der Waals surface area contributed by atoms with Crippen molar-refractivity contribution < 1.29 is 4.79 Å². The Labute approximate surface area is 166 Å². The highest BCUT2D eigenvalue weighted by Gasteiger charge is 2.25. The van der Waals surface area contributed by atoms with Gasteiger partial charge in [-0.15, -0.1) is 36.2 Å². The summed E-state index contributed by atoms with van der Waals surface area (Å²) in [5.74, 6) is 0.307. The lowest BCUT2D eigenvalue weighted by Crippen LogP contribution is -2.42. The molecule has 0 bridgehead atoms. The summed E-state index contributed by atoms with van der Waals surface area (Å²) in [4.78, 5) is 19.3. The normalized spacial score (nSPS) is 16.3. The van der Waals surface area contributed by atoms with E-state index in [2.05, 4.69) is 34.3 Å². The Kier molecular flexibility index (Phi) is 9.72. The number of amides is 1. The van der Waals surface area contributed by atoms with Crippen molar-refractivity contribution in [2.45, 2.75) is 45.1 Å². The minimum Gasteiger partial charge on any atom is -0.338 e. The van der Waals surface area contributed by atoms with Gasteiger partial charge in [0.1, 0.15) is 0 Å². The molecule has 1 aliphatic rings. The number of fused-ring (bicyclic) bond motifs is 1. The van der Waals surface area contributed by atoms with Gasteiger partial charge in [0.2, 0.25) is 5.91 Å². The molecule has 3 rings (SSSR count). The number of hydrogen-bond donors (Lipinski definition) is 1. The summed E-state index contributed by atoms with van der Waals surface area (Å²) >= 11 is 1.75. The Bertz CT molecular complexity index is 626. The molecule has 0 saturated carbocycles. The number of halogens is 2. The van der Waals surface area contributed by atoms with Crippen molar-refractivity contribution in [3.63, 3.8) is 0 Å². The molecule has 0 radical (unpaired) electrons. The average molecular weight is 404 g/mol. The van der Waals surface area contributed by atoms with E-state index < -0.39 is 0 Å². The number of carbonyl (C=O) groups excluding carboxylic acids is 1. The van der Waals surface area contributed by atoms with E-state index in [9.17, 15) is 4.79 Å². The maximum atomic E-state index is 12.6. The smallest absolute Gasteiger partial charge is 0.222 e. The van der Waals surface area contributed by atoms with Gasteiger partial charge in [-0.25, -0.2) is 4.98 Å². The second kappa shape index (κ2) is 11.0. The quantitative estimate of drug-likeness (QED) is 0.757. The van der Waals surface area contributed by atoms with Crippen molar-refractivity contribution in [2.24, 2.45) is 0 Å². The van der Waals surface area contributed by atoms with Crippen LogP contribution in [-0.2, 0) is 11.2 Å². The van der Waals surface area contributed by atoms with Crippen LogP contribution in [0, 0.1) is 0 Å². The molecule has 1 saturated heterocycles. The largest absolute Gasteiger partial charge is 0.338 e. The van der Waals surface area contributed by atoms with E-state index in [-0.39, 0.29) is 24.8 Å². The number of hydrogen-bond acceptors (Lipinski definition) is 4. The van der Waals surface area contributed by atoms with Gasteiger partial charge in [0.15, 0.2) is 0 Å². The second-order valence-electron chi connectivity index (χ2n) is 6.16. The molecule has 140 valence electrons. The fourth-order valence-corrected chi connectivity index (χ4v) is 4.23. The predicted octanol–water partition coefficient (Wildman–Crippen LogP) is 4.06. The van der Waals surface area contributed by atoms with E-state index in [1.807, 2.05) is 12.1 Å². The van der Waals surface area contributed by atoms with Crippen LogP contribution in [0.2, 0.25) is 0 Å². The van der Waals surface area contributed by atoms with Crippen LogP contribution in [-0.4, -0.2) is 41.5 Å². The number of nitrogens with one attached hydrogen (secondary N) is 1. The Hall–Kier alpha value is -0.880. The zero-order chi connectivity index (χ0) is 16.1. The van der Waals surface area contributed by atoms with Crippen molar-refractivity contribution in [2.75, 3.05) is 19.6 Å². The van der Waals surface area contributed by atoms with Crippen LogP contribution in [0.3, 0.4) is 0 Å². The number of para-hydroxylation sites is 1. The summed E-state index contributed by atoms with van der Waals surface area (Å²) in [5, 5.41) is 4.50. The third-order valence-electron chi connectivity index (χ3n) is 4.38. The van der Waals surface area contributed by atoms with E-state index in [4.69, 9.17) is 0 Å². The maximum absolute atomic E-state index is 12.6. The number of aryl methyl sites for hydroxylation is 1. The van der Waals surface area contributed by atoms with Crippen LogP contribution in [0.5, 0.6) is 0 Å². The Morgan fingerprint density at radius 3 is 2.84 bits per heavy atom. The molecular weight excluding hydrogens is 377 g/mol. The van der Waals surface area contributed by atoms with E-state index in [0.717, 1.165) is 55.8 Å². The first kappa shape index (κ1) is 22.2. The Morgan fingerprint density at radius 1 is 1.36 bits per heavy atom. The molecule has 25 heavy (non-hydrogen) atoms. The van der Waals surface area contributed by atoms with Crippen molar-refractivity contribution in [1.29, 1.82) is 0 Å². The zero-order valence-electron chi connectivity index (χ0n) is 14.6. The van der Waals surface area contributed by atoms with E-state index >= 15 is 0 Å². The van der Waals surface area contributed by atoms with Crippen molar-refractivity contribution in [1.82, 2.24) is 15.2 Å². The molecule has 0 aliphatic carbocycles. The van der Waals surface area contributed by atoms with E-state index in [1.165, 1.54) is 4.70 Å². The van der Waals surface area contributed by atoms with Gasteiger partial charge in [0, 0.05) is 25.6 Å². The molecule has 0 spiro atoms. The lowest BCUT2D eigenvalue weighted by Gasteiger charge is -2.28. The minimum absolute atomic E-state index is 0. The van der Waals surface area contributed by atoms with Gasteiger partial charge in [0.05, 0.1) is 15.2 Å². The first-order valence-electron chi connectivity index (χ1n) is 8.62. The van der Waals surface area contributed by atoms with Crippen LogP contribution in [0.15, 0.2) is 24.3 Å². The van der Waals surface area contributed by atoms with Crippen molar-refractivity contribution in [3.8, 4) is 0 Å². The molecular formula is C18H27Cl2N3OS. The fraction of sp³-hybridized carbons (Fsp3) is 0.556.